The molecule has 0 radical (unpaired) electrons. The van der Waals surface area contributed by atoms with Crippen LogP contribution < -0.4 is 21.1 Å². The van der Waals surface area contributed by atoms with Gasteiger partial charge in [0.25, 0.3) is 5.91 Å². The number of hydrogen-bond acceptors (Lipinski definition) is 11. The first kappa shape index (κ1) is 30.8. The van der Waals surface area contributed by atoms with E-state index in [2.05, 4.69) is 31.5 Å². The highest BCUT2D eigenvalue weighted by atomic mass is 16.6. The average molecular weight is 631 g/mol. The molecule has 2 aromatic carbocycles. The molecule has 0 saturated carbocycles. The predicted molar refractivity (Wildman–Crippen MR) is 177 cm³/mol. The van der Waals surface area contributed by atoms with E-state index in [-0.39, 0.29) is 58.7 Å². The normalized spacial score (nSPS) is 11.5. The molecule has 0 aliphatic rings. The lowest BCUT2D eigenvalue weighted by Gasteiger charge is -2.25. The highest BCUT2D eigenvalue weighted by Gasteiger charge is 2.27. The van der Waals surface area contributed by atoms with Crippen molar-refractivity contribution in [3.8, 4) is 5.88 Å². The summed E-state index contributed by atoms with van der Waals surface area (Å²) in [6.45, 7) is 9.23. The Morgan fingerprint density at radius 3 is 2.19 bits per heavy atom. The second kappa shape index (κ2) is 12.3. The van der Waals surface area contributed by atoms with Gasteiger partial charge in [-0.1, -0.05) is 54.6 Å². The smallest absolute Gasteiger partial charge is 0.417 e. The van der Waals surface area contributed by atoms with E-state index in [0.717, 1.165) is 10.1 Å². The summed E-state index contributed by atoms with van der Waals surface area (Å²) >= 11 is 0. The Balaban J connectivity index is 1.52. The first-order valence-electron chi connectivity index (χ1n) is 14.6. The molecule has 47 heavy (non-hydrogen) atoms. The molecule has 0 unspecified atom stereocenters. The number of aromatic nitrogens is 6. The third-order valence-corrected chi connectivity index (χ3v) is 6.92. The SMILES string of the molecule is C=CCN(C(=O)OC(C)(C)C)c1nc(OCc2ccccc2)c2cc3cc4c(N)n(C(=O)c5ccccc5)c(=O)nc4nc3nc2n1. The molecule has 13 nitrogen and oxygen atoms in total. The number of anilines is 2. The third kappa shape index (κ3) is 6.31. The van der Waals surface area contributed by atoms with Crippen molar-refractivity contribution in [1.82, 2.24) is 29.5 Å². The summed E-state index contributed by atoms with van der Waals surface area (Å²) in [5.41, 5.74) is 6.24. The number of nitrogens with two attached hydrogens (primary N) is 1. The first-order chi connectivity index (χ1) is 22.5. The summed E-state index contributed by atoms with van der Waals surface area (Å²) in [4.78, 5) is 63.0. The van der Waals surface area contributed by atoms with E-state index in [0.29, 0.717) is 10.8 Å². The molecule has 1 amide bonds. The van der Waals surface area contributed by atoms with Crippen molar-refractivity contribution in [2.45, 2.75) is 33.0 Å². The van der Waals surface area contributed by atoms with Crippen LogP contribution in [-0.4, -0.2) is 53.6 Å². The lowest BCUT2D eigenvalue weighted by Crippen LogP contribution is -2.38. The maximum atomic E-state index is 13.2. The van der Waals surface area contributed by atoms with Crippen molar-refractivity contribution in [3.63, 3.8) is 0 Å². The van der Waals surface area contributed by atoms with Crippen LogP contribution in [0.3, 0.4) is 0 Å². The highest BCUT2D eigenvalue weighted by Crippen LogP contribution is 2.30. The van der Waals surface area contributed by atoms with Gasteiger partial charge in [-0.25, -0.2) is 29.0 Å². The van der Waals surface area contributed by atoms with Gasteiger partial charge in [-0.3, -0.25) is 4.79 Å². The molecule has 0 bridgehead atoms. The number of benzene rings is 2. The molecule has 4 aromatic heterocycles. The fourth-order valence-corrected chi connectivity index (χ4v) is 4.78. The lowest BCUT2D eigenvalue weighted by molar-refractivity contribution is 0.0582. The molecule has 13 heteroatoms. The zero-order valence-corrected chi connectivity index (χ0v) is 25.9. The largest absolute Gasteiger partial charge is 0.472 e. The number of hydrogen-bond donors (Lipinski definition) is 1. The molecule has 0 aliphatic carbocycles. The third-order valence-electron chi connectivity index (χ3n) is 6.92. The van der Waals surface area contributed by atoms with Crippen molar-refractivity contribution >= 4 is 56.9 Å². The first-order valence-corrected chi connectivity index (χ1v) is 14.6. The van der Waals surface area contributed by atoms with Crippen LogP contribution >= 0.6 is 0 Å². The molecule has 4 heterocycles. The number of pyridine rings is 2. The van der Waals surface area contributed by atoms with Crippen molar-refractivity contribution in [2.24, 2.45) is 0 Å². The minimum absolute atomic E-state index is 0.000770. The van der Waals surface area contributed by atoms with Crippen molar-refractivity contribution in [1.29, 1.82) is 0 Å². The number of carbonyl (C=O) groups excluding carboxylic acids is 2. The van der Waals surface area contributed by atoms with E-state index in [1.807, 2.05) is 30.3 Å². The van der Waals surface area contributed by atoms with Crippen molar-refractivity contribution in [3.05, 3.63) is 107 Å². The van der Waals surface area contributed by atoms with E-state index in [1.165, 1.54) is 11.0 Å². The lowest BCUT2D eigenvalue weighted by atomic mass is 10.2. The summed E-state index contributed by atoms with van der Waals surface area (Å²) < 4.78 is 12.6. The second-order valence-corrected chi connectivity index (χ2v) is 11.5. The summed E-state index contributed by atoms with van der Waals surface area (Å²) in [6, 6.07) is 21.1. The number of amides is 1. The van der Waals surface area contributed by atoms with Crippen molar-refractivity contribution in [2.75, 3.05) is 17.2 Å². The number of nitrogen functional groups attached to an aromatic ring is 1. The Morgan fingerprint density at radius 1 is 0.894 bits per heavy atom. The van der Waals surface area contributed by atoms with Crippen LogP contribution in [0.25, 0.3) is 33.1 Å². The summed E-state index contributed by atoms with van der Waals surface area (Å²) in [5.74, 6) is -0.609. The van der Waals surface area contributed by atoms with Gasteiger partial charge in [0, 0.05) is 10.9 Å². The Kier molecular flexibility index (Phi) is 8.04. The quantitative estimate of drug-likeness (QED) is 0.185. The van der Waals surface area contributed by atoms with Crippen LogP contribution in [0.2, 0.25) is 0 Å². The van der Waals surface area contributed by atoms with Crippen molar-refractivity contribution < 1.29 is 19.1 Å². The fraction of sp³-hybridized carbons (Fsp3) is 0.176. The minimum Gasteiger partial charge on any atom is -0.472 e. The highest BCUT2D eigenvalue weighted by molar-refractivity contribution is 6.04. The van der Waals surface area contributed by atoms with Gasteiger partial charge in [-0.2, -0.15) is 15.0 Å². The van der Waals surface area contributed by atoms with Gasteiger partial charge in [-0.05, 0) is 50.6 Å². The zero-order chi connectivity index (χ0) is 33.3. The molecular formula is C34H30N8O5. The van der Waals surface area contributed by atoms with E-state index in [1.54, 1.807) is 63.2 Å². The standard InChI is InChI=1S/C34H30N8O5/c1-5-16-41(33(45)47-34(2,3)4)31-38-28-24(29(40-31)46-19-20-12-8-6-9-13-20)18-22-17-23-25(35)42(30(43)21-14-10-7-11-15-21)32(44)39-27(23)36-26(22)37-28/h5-15,17-18H,1,16,19,35H2,2-4H3. The maximum absolute atomic E-state index is 13.2. The fourth-order valence-electron chi connectivity index (χ4n) is 4.78. The number of carbonyl (C=O) groups is 2. The number of nitrogens with zero attached hydrogens (tertiary/aromatic N) is 7. The molecule has 0 saturated heterocycles. The van der Waals surface area contributed by atoms with Crippen LogP contribution in [-0.2, 0) is 11.3 Å². The van der Waals surface area contributed by atoms with Gasteiger partial charge in [0.1, 0.15) is 18.0 Å². The minimum atomic E-state index is -0.880. The van der Waals surface area contributed by atoms with Gasteiger partial charge in [0.05, 0.1) is 17.3 Å². The Labute approximate surface area is 268 Å². The Bertz CT molecular complexity index is 2230. The molecule has 0 spiro atoms. The molecule has 0 fully saturated rings. The van der Waals surface area contributed by atoms with Gasteiger partial charge < -0.3 is 15.2 Å². The predicted octanol–water partition coefficient (Wildman–Crippen LogP) is 5.06. The molecule has 2 N–H and O–H groups in total. The van der Waals surface area contributed by atoms with Crippen LogP contribution in [0.4, 0.5) is 16.6 Å². The molecule has 236 valence electrons. The summed E-state index contributed by atoms with van der Waals surface area (Å²) in [7, 11) is 0. The van der Waals surface area contributed by atoms with Crippen LogP contribution in [0.1, 0.15) is 36.7 Å². The van der Waals surface area contributed by atoms with Crippen LogP contribution in [0.5, 0.6) is 5.88 Å². The molecule has 6 aromatic rings. The van der Waals surface area contributed by atoms with Crippen LogP contribution in [0, 0.1) is 0 Å². The Morgan fingerprint density at radius 2 is 1.53 bits per heavy atom. The molecular weight excluding hydrogens is 600 g/mol. The molecule has 0 atom stereocenters. The molecule has 6 rings (SSSR count). The molecule has 0 aliphatic heterocycles. The topological polar surface area (TPSA) is 168 Å². The number of fused-ring (bicyclic) bond motifs is 3. The van der Waals surface area contributed by atoms with Gasteiger partial charge in [0.15, 0.2) is 16.9 Å². The summed E-state index contributed by atoms with van der Waals surface area (Å²) in [5, 5.41) is 1.18. The average Bonchev–Trinajstić information content (AvgIpc) is 3.04. The number of rotatable bonds is 7. The summed E-state index contributed by atoms with van der Waals surface area (Å²) in [6.07, 6.45) is 0.839. The maximum Gasteiger partial charge on any atom is 0.417 e. The zero-order valence-electron chi connectivity index (χ0n) is 25.9. The van der Waals surface area contributed by atoms with Gasteiger partial charge >= 0.3 is 11.8 Å². The van der Waals surface area contributed by atoms with Crippen LogP contribution in [0.15, 0.2) is 90.2 Å². The number of ether oxygens (including phenoxy) is 2. The van der Waals surface area contributed by atoms with E-state index in [9.17, 15) is 14.4 Å². The van der Waals surface area contributed by atoms with E-state index >= 15 is 0 Å². The monoisotopic (exact) mass is 630 g/mol. The van der Waals surface area contributed by atoms with Gasteiger partial charge in [0.2, 0.25) is 11.8 Å². The Hall–Kier alpha value is -6.24. The van der Waals surface area contributed by atoms with Gasteiger partial charge in [-0.15, -0.1) is 6.58 Å². The van der Waals surface area contributed by atoms with E-state index in [4.69, 9.17) is 15.2 Å². The second-order valence-electron chi connectivity index (χ2n) is 11.5. The van der Waals surface area contributed by atoms with E-state index < -0.39 is 23.3 Å².